The molecule has 0 saturated heterocycles. The van der Waals surface area contributed by atoms with Crippen molar-refractivity contribution in [3.8, 4) is 11.5 Å². The average molecular weight is 536 g/mol. The standard InChI is InChI=1S/C16H14I2N2O3/c1-10-2-4-13(5-3-10)23-9-15(21)20-19-8-11-6-12(17)7-14(18)16(11)22/h2-8,22H,9H2,1H3,(H,20,21). The molecule has 2 rings (SSSR count). The van der Waals surface area contributed by atoms with Crippen molar-refractivity contribution in [2.45, 2.75) is 6.92 Å². The first-order valence-electron chi connectivity index (χ1n) is 6.65. The Morgan fingerprint density at radius 1 is 1.30 bits per heavy atom. The first kappa shape index (κ1) is 18.0. The van der Waals surface area contributed by atoms with E-state index < -0.39 is 0 Å². The third-order valence-corrected chi connectivity index (χ3v) is 4.29. The number of nitrogens with one attached hydrogen (secondary N) is 1. The molecule has 0 fully saturated rings. The van der Waals surface area contributed by atoms with Crippen molar-refractivity contribution in [3.63, 3.8) is 0 Å². The van der Waals surface area contributed by atoms with Gasteiger partial charge in [0.15, 0.2) is 6.61 Å². The number of nitrogens with zero attached hydrogens (tertiary/aromatic N) is 1. The molecule has 2 aromatic rings. The molecule has 0 saturated carbocycles. The smallest absolute Gasteiger partial charge is 0.277 e. The van der Waals surface area contributed by atoms with Crippen LogP contribution in [0, 0.1) is 14.1 Å². The van der Waals surface area contributed by atoms with Crippen LogP contribution in [0.3, 0.4) is 0 Å². The first-order chi connectivity index (χ1) is 11.0. The van der Waals surface area contributed by atoms with E-state index in [2.05, 4.69) is 33.1 Å². The Hall–Kier alpha value is -1.36. The number of hydrogen-bond donors (Lipinski definition) is 2. The second-order valence-corrected chi connectivity index (χ2v) is 7.13. The highest BCUT2D eigenvalue weighted by Gasteiger charge is 2.06. The molecule has 0 bridgehead atoms. The molecule has 2 aromatic carbocycles. The Bertz CT molecular complexity index is 731. The summed E-state index contributed by atoms with van der Waals surface area (Å²) in [6.45, 7) is 1.85. The predicted octanol–water partition coefficient (Wildman–Crippen LogP) is 3.44. The van der Waals surface area contributed by atoms with Crippen LogP contribution in [0.25, 0.3) is 0 Å². The maximum absolute atomic E-state index is 11.7. The van der Waals surface area contributed by atoms with Crippen LogP contribution >= 0.6 is 45.2 Å². The Morgan fingerprint density at radius 3 is 2.70 bits per heavy atom. The van der Waals surface area contributed by atoms with Crippen LogP contribution in [0.1, 0.15) is 11.1 Å². The van der Waals surface area contributed by atoms with Gasteiger partial charge in [-0.2, -0.15) is 5.10 Å². The van der Waals surface area contributed by atoms with Crippen molar-refractivity contribution < 1.29 is 14.6 Å². The number of ether oxygens (including phenoxy) is 1. The Labute approximate surface area is 161 Å². The zero-order valence-corrected chi connectivity index (χ0v) is 16.5. The molecule has 0 heterocycles. The summed E-state index contributed by atoms with van der Waals surface area (Å²) in [5.74, 6) is 0.390. The van der Waals surface area contributed by atoms with Crippen molar-refractivity contribution in [2.24, 2.45) is 5.10 Å². The number of benzene rings is 2. The third-order valence-electron chi connectivity index (χ3n) is 2.84. The van der Waals surface area contributed by atoms with Gasteiger partial charge in [0.2, 0.25) is 0 Å². The normalized spacial score (nSPS) is 10.7. The van der Waals surface area contributed by atoms with Crippen LogP contribution in [0.5, 0.6) is 11.5 Å². The van der Waals surface area contributed by atoms with E-state index in [1.807, 2.05) is 47.7 Å². The molecule has 0 aliphatic rings. The van der Waals surface area contributed by atoms with Crippen LogP contribution in [0.4, 0.5) is 0 Å². The fourth-order valence-electron chi connectivity index (χ4n) is 1.67. The number of carbonyl (C=O) groups is 1. The number of aromatic hydroxyl groups is 1. The Balaban J connectivity index is 1.88. The van der Waals surface area contributed by atoms with Gasteiger partial charge in [0.1, 0.15) is 11.5 Å². The van der Waals surface area contributed by atoms with Gasteiger partial charge in [0, 0.05) is 9.13 Å². The number of rotatable bonds is 5. The molecule has 23 heavy (non-hydrogen) atoms. The van der Waals surface area contributed by atoms with Crippen LogP contribution < -0.4 is 10.2 Å². The van der Waals surface area contributed by atoms with Crippen molar-refractivity contribution >= 4 is 57.3 Å². The van der Waals surface area contributed by atoms with Gasteiger partial charge in [-0.05, 0) is 76.4 Å². The van der Waals surface area contributed by atoms with Gasteiger partial charge in [0.25, 0.3) is 5.91 Å². The summed E-state index contributed by atoms with van der Waals surface area (Å²) in [6, 6.07) is 11.0. The highest BCUT2D eigenvalue weighted by atomic mass is 127. The van der Waals surface area contributed by atoms with E-state index in [4.69, 9.17) is 4.74 Å². The highest BCUT2D eigenvalue weighted by molar-refractivity contribution is 14.1. The summed E-state index contributed by atoms with van der Waals surface area (Å²) in [4.78, 5) is 11.7. The molecule has 1 amide bonds. The van der Waals surface area contributed by atoms with Crippen LogP contribution in [0.2, 0.25) is 0 Å². The maximum Gasteiger partial charge on any atom is 0.277 e. The van der Waals surface area contributed by atoms with Gasteiger partial charge >= 0.3 is 0 Å². The number of carbonyl (C=O) groups excluding carboxylic acids is 1. The summed E-state index contributed by atoms with van der Waals surface area (Å²) >= 11 is 4.19. The number of phenols is 1. The van der Waals surface area contributed by atoms with Crippen molar-refractivity contribution in [1.29, 1.82) is 0 Å². The summed E-state index contributed by atoms with van der Waals surface area (Å²) in [6.07, 6.45) is 1.41. The van der Waals surface area contributed by atoms with Gasteiger partial charge in [-0.1, -0.05) is 17.7 Å². The molecule has 0 atom stereocenters. The summed E-state index contributed by atoms with van der Waals surface area (Å²) in [7, 11) is 0. The number of hydrogen-bond acceptors (Lipinski definition) is 4. The van der Waals surface area contributed by atoms with Crippen molar-refractivity contribution in [3.05, 3.63) is 54.7 Å². The third kappa shape index (κ3) is 5.65. The van der Waals surface area contributed by atoms with Gasteiger partial charge in [-0.15, -0.1) is 0 Å². The van der Waals surface area contributed by atoms with Crippen molar-refractivity contribution in [1.82, 2.24) is 5.43 Å². The number of aryl methyl sites for hydroxylation is 1. The summed E-state index contributed by atoms with van der Waals surface area (Å²) < 4.78 is 7.05. The lowest BCUT2D eigenvalue weighted by Gasteiger charge is -2.05. The first-order valence-corrected chi connectivity index (χ1v) is 8.81. The zero-order valence-electron chi connectivity index (χ0n) is 12.2. The second kappa shape index (κ2) is 8.48. The second-order valence-electron chi connectivity index (χ2n) is 4.72. The van der Waals surface area contributed by atoms with E-state index in [0.29, 0.717) is 11.3 Å². The lowest BCUT2D eigenvalue weighted by atomic mass is 10.2. The van der Waals surface area contributed by atoms with Crippen LogP contribution in [-0.2, 0) is 4.79 Å². The van der Waals surface area contributed by atoms with Gasteiger partial charge < -0.3 is 9.84 Å². The molecule has 120 valence electrons. The largest absolute Gasteiger partial charge is 0.506 e. The van der Waals surface area contributed by atoms with Crippen LogP contribution in [-0.4, -0.2) is 23.8 Å². The SMILES string of the molecule is Cc1ccc(OCC(=O)NN=Cc2cc(I)cc(I)c2O)cc1. The fourth-order valence-corrected chi connectivity index (χ4v) is 3.56. The molecular weight excluding hydrogens is 522 g/mol. The number of halogens is 2. The molecule has 0 spiro atoms. The number of hydrazone groups is 1. The number of phenolic OH excluding ortho intramolecular Hbond substituents is 1. The van der Waals surface area contributed by atoms with E-state index in [-0.39, 0.29) is 18.3 Å². The van der Waals surface area contributed by atoms with E-state index in [1.54, 1.807) is 18.2 Å². The highest BCUT2D eigenvalue weighted by Crippen LogP contribution is 2.25. The molecule has 0 radical (unpaired) electrons. The predicted molar refractivity (Wildman–Crippen MR) is 106 cm³/mol. The van der Waals surface area contributed by atoms with Gasteiger partial charge in [-0.3, -0.25) is 4.79 Å². The van der Waals surface area contributed by atoms with Crippen LogP contribution in [0.15, 0.2) is 41.5 Å². The molecular formula is C16H14I2N2O3. The Kier molecular flexibility index (Phi) is 6.63. The average Bonchev–Trinajstić information content (AvgIpc) is 2.51. The molecule has 0 unspecified atom stereocenters. The quantitative estimate of drug-likeness (QED) is 0.350. The molecule has 2 N–H and O–H groups in total. The van der Waals surface area contributed by atoms with Crippen molar-refractivity contribution in [2.75, 3.05) is 6.61 Å². The maximum atomic E-state index is 11.7. The lowest BCUT2D eigenvalue weighted by Crippen LogP contribution is -2.24. The summed E-state index contributed by atoms with van der Waals surface area (Å²) in [5, 5.41) is 13.8. The van der Waals surface area contributed by atoms with Gasteiger partial charge in [0.05, 0.1) is 9.78 Å². The van der Waals surface area contributed by atoms with E-state index in [1.165, 1.54) is 6.21 Å². The molecule has 0 aliphatic carbocycles. The minimum atomic E-state index is -0.373. The monoisotopic (exact) mass is 536 g/mol. The molecule has 5 nitrogen and oxygen atoms in total. The van der Waals surface area contributed by atoms with Gasteiger partial charge in [-0.25, -0.2) is 5.43 Å². The molecule has 0 aliphatic heterocycles. The minimum absolute atomic E-state index is 0.129. The summed E-state index contributed by atoms with van der Waals surface area (Å²) in [5.41, 5.74) is 4.03. The van der Waals surface area contributed by atoms with E-state index in [0.717, 1.165) is 12.7 Å². The molecule has 0 aromatic heterocycles. The zero-order chi connectivity index (χ0) is 16.8. The lowest BCUT2D eigenvalue weighted by molar-refractivity contribution is -0.123. The molecule has 7 heteroatoms. The fraction of sp³-hybridized carbons (Fsp3) is 0.125. The minimum Gasteiger partial charge on any atom is -0.506 e. The number of amides is 1. The topological polar surface area (TPSA) is 70.9 Å². The Morgan fingerprint density at radius 2 is 2.00 bits per heavy atom. The van der Waals surface area contributed by atoms with E-state index in [9.17, 15) is 9.90 Å². The van der Waals surface area contributed by atoms with E-state index >= 15 is 0 Å².